The Morgan fingerprint density at radius 1 is 1.12 bits per heavy atom. The minimum Gasteiger partial charge on any atom is -0.496 e. The van der Waals surface area contributed by atoms with Crippen LogP contribution in [0.1, 0.15) is 66.2 Å². The lowest BCUT2D eigenvalue weighted by atomic mass is 9.93. The van der Waals surface area contributed by atoms with Gasteiger partial charge in [0.15, 0.2) is 5.82 Å². The smallest absolute Gasteiger partial charge is 0.452 e. The van der Waals surface area contributed by atoms with Crippen LogP contribution in [0.4, 0.5) is 13.2 Å². The van der Waals surface area contributed by atoms with Crippen LogP contribution in [0, 0.1) is 12.8 Å². The minimum atomic E-state index is -4.84. The first-order chi connectivity index (χ1) is 19.5. The number of piperidine rings is 1. The molecule has 218 valence electrons. The molecule has 0 saturated carbocycles. The number of carbonyl (C=O) groups is 2. The number of hydrogen-bond donors (Lipinski definition) is 1. The summed E-state index contributed by atoms with van der Waals surface area (Å²) in [4.78, 5) is 26.1. The molecule has 1 amide bonds. The normalized spacial score (nSPS) is 19.3. The van der Waals surface area contributed by atoms with E-state index in [2.05, 4.69) is 10.2 Å². The number of halogens is 4. The van der Waals surface area contributed by atoms with Crippen LogP contribution in [-0.4, -0.2) is 56.8 Å². The third kappa shape index (κ3) is 5.76. The summed E-state index contributed by atoms with van der Waals surface area (Å²) < 4.78 is 55.4. The highest BCUT2D eigenvalue weighted by Crippen LogP contribution is 2.45. The van der Waals surface area contributed by atoms with Crippen molar-refractivity contribution in [3.8, 4) is 11.4 Å². The number of carboxylic acid groups (broad SMARTS) is 1. The molecule has 13 heteroatoms. The van der Waals surface area contributed by atoms with Crippen LogP contribution in [0.5, 0.6) is 5.75 Å². The summed E-state index contributed by atoms with van der Waals surface area (Å²) in [6, 6.07) is 9.79. The SMILES string of the molecule is COc1cccc([C@H]2O[C@H](CC(=O)N3CCC(CC(=O)O)CC3)c3nnc(C(F)(F)F)n3-c3ccc(Cl)cc32)c1C. The maximum Gasteiger partial charge on any atom is 0.452 e. The van der Waals surface area contributed by atoms with Gasteiger partial charge in [0, 0.05) is 30.1 Å². The van der Waals surface area contributed by atoms with E-state index in [1.807, 2.05) is 6.92 Å². The Bertz CT molecular complexity index is 1470. The number of carbonyl (C=O) groups excluding carboxylic acids is 1. The number of ether oxygens (including phenoxy) is 2. The monoisotopic (exact) mass is 592 g/mol. The predicted octanol–water partition coefficient (Wildman–Crippen LogP) is 5.52. The average Bonchev–Trinajstić information content (AvgIpc) is 3.32. The van der Waals surface area contributed by atoms with Gasteiger partial charge in [-0.2, -0.15) is 13.2 Å². The number of benzene rings is 2. The molecule has 2 atom stereocenters. The number of amides is 1. The average molecular weight is 593 g/mol. The number of carboxylic acids is 1. The van der Waals surface area contributed by atoms with Crippen molar-refractivity contribution in [1.82, 2.24) is 19.7 Å². The molecule has 9 nitrogen and oxygen atoms in total. The fraction of sp³-hybridized carbons (Fsp3) is 0.429. The summed E-state index contributed by atoms with van der Waals surface area (Å²) in [7, 11) is 1.52. The van der Waals surface area contributed by atoms with Gasteiger partial charge < -0.3 is 19.5 Å². The van der Waals surface area contributed by atoms with E-state index in [4.69, 9.17) is 26.2 Å². The number of hydrogen-bond acceptors (Lipinski definition) is 6. The molecule has 2 aliphatic heterocycles. The van der Waals surface area contributed by atoms with Crippen molar-refractivity contribution >= 4 is 23.5 Å². The quantitative estimate of drug-likeness (QED) is 0.402. The van der Waals surface area contributed by atoms with Gasteiger partial charge in [-0.05, 0) is 61.1 Å². The molecule has 0 spiro atoms. The molecule has 1 aromatic heterocycles. The molecule has 3 aromatic rings. The summed E-state index contributed by atoms with van der Waals surface area (Å²) in [5.41, 5.74) is 1.83. The van der Waals surface area contributed by atoms with Gasteiger partial charge in [-0.3, -0.25) is 14.2 Å². The van der Waals surface area contributed by atoms with E-state index in [0.29, 0.717) is 53.4 Å². The van der Waals surface area contributed by atoms with E-state index in [9.17, 15) is 22.8 Å². The van der Waals surface area contributed by atoms with Gasteiger partial charge in [-0.15, -0.1) is 10.2 Å². The van der Waals surface area contributed by atoms with Crippen LogP contribution < -0.4 is 4.74 Å². The Labute approximate surface area is 238 Å². The maximum absolute atomic E-state index is 14.2. The minimum absolute atomic E-state index is 0.0273. The number of aliphatic carboxylic acids is 1. The molecule has 41 heavy (non-hydrogen) atoms. The number of aromatic nitrogens is 3. The van der Waals surface area contributed by atoms with E-state index in [1.165, 1.54) is 19.2 Å². The van der Waals surface area contributed by atoms with Crippen LogP contribution in [0.2, 0.25) is 5.02 Å². The Hall–Kier alpha value is -3.64. The topological polar surface area (TPSA) is 107 Å². The van der Waals surface area contributed by atoms with Crippen LogP contribution in [0.15, 0.2) is 36.4 Å². The molecule has 5 rings (SSSR count). The zero-order chi connectivity index (χ0) is 29.5. The highest BCUT2D eigenvalue weighted by Gasteiger charge is 2.44. The summed E-state index contributed by atoms with van der Waals surface area (Å²) in [6.07, 6.45) is -6.17. The first kappa shape index (κ1) is 28.9. The van der Waals surface area contributed by atoms with Gasteiger partial charge in [-0.25, -0.2) is 0 Å². The molecule has 3 heterocycles. The lowest BCUT2D eigenvalue weighted by molar-refractivity contribution is -0.146. The summed E-state index contributed by atoms with van der Waals surface area (Å²) >= 11 is 6.34. The number of likely N-dealkylation sites (tertiary alicyclic amines) is 1. The van der Waals surface area contributed by atoms with Gasteiger partial charge >= 0.3 is 12.1 Å². The van der Waals surface area contributed by atoms with Gasteiger partial charge in [0.2, 0.25) is 11.7 Å². The Morgan fingerprint density at radius 2 is 1.85 bits per heavy atom. The van der Waals surface area contributed by atoms with E-state index in [0.717, 1.165) is 4.57 Å². The Morgan fingerprint density at radius 3 is 2.51 bits per heavy atom. The first-order valence-electron chi connectivity index (χ1n) is 13.1. The summed E-state index contributed by atoms with van der Waals surface area (Å²) in [5, 5.41) is 16.7. The fourth-order valence-corrected chi connectivity index (χ4v) is 5.78. The van der Waals surface area contributed by atoms with E-state index >= 15 is 0 Å². The van der Waals surface area contributed by atoms with Crippen molar-refractivity contribution in [1.29, 1.82) is 0 Å². The van der Waals surface area contributed by atoms with Crippen LogP contribution >= 0.6 is 11.6 Å². The van der Waals surface area contributed by atoms with Crippen LogP contribution in [-0.2, 0) is 20.5 Å². The third-order valence-electron chi connectivity index (χ3n) is 7.66. The largest absolute Gasteiger partial charge is 0.496 e. The maximum atomic E-state index is 14.2. The number of nitrogens with zero attached hydrogens (tertiary/aromatic N) is 4. The van der Waals surface area contributed by atoms with Gasteiger partial charge in [0.05, 0.1) is 19.2 Å². The molecule has 1 fully saturated rings. The first-order valence-corrected chi connectivity index (χ1v) is 13.5. The fourth-order valence-electron chi connectivity index (χ4n) is 5.60. The summed E-state index contributed by atoms with van der Waals surface area (Å²) in [5.74, 6) is -2.10. The van der Waals surface area contributed by atoms with Crippen molar-refractivity contribution in [3.63, 3.8) is 0 Å². The van der Waals surface area contributed by atoms with Gasteiger partial charge in [-0.1, -0.05) is 23.7 Å². The molecule has 1 saturated heterocycles. The number of methoxy groups -OCH3 is 1. The molecule has 2 aromatic carbocycles. The van der Waals surface area contributed by atoms with E-state index < -0.39 is 30.2 Å². The van der Waals surface area contributed by atoms with Crippen molar-refractivity contribution in [3.05, 3.63) is 69.8 Å². The molecule has 0 unspecified atom stereocenters. The highest BCUT2D eigenvalue weighted by atomic mass is 35.5. The molecule has 0 radical (unpaired) electrons. The van der Waals surface area contributed by atoms with Gasteiger partial charge in [0.1, 0.15) is 18.0 Å². The number of fused-ring (bicyclic) bond motifs is 3. The molecule has 2 aliphatic rings. The summed E-state index contributed by atoms with van der Waals surface area (Å²) in [6.45, 7) is 2.51. The van der Waals surface area contributed by atoms with Crippen molar-refractivity contribution in [2.75, 3.05) is 20.2 Å². The van der Waals surface area contributed by atoms with Crippen molar-refractivity contribution < 1.29 is 37.3 Å². The standard InChI is InChI=1S/C28H28ClF3N4O5/c1-15-18(4-3-5-21(15)40-2)25-19-13-17(29)6-7-20(19)36-26(33-34-27(36)28(30,31)32)22(41-25)14-23(37)35-10-8-16(9-11-35)12-24(38)39/h3-7,13,16,22,25H,8-12,14H2,1-2H3,(H,38,39)/t22-,25-/m1/s1. The van der Waals surface area contributed by atoms with E-state index in [-0.39, 0.29) is 36.2 Å². The predicted molar refractivity (Wildman–Crippen MR) is 141 cm³/mol. The number of alkyl halides is 3. The van der Waals surface area contributed by atoms with Gasteiger partial charge in [0.25, 0.3) is 0 Å². The molecular weight excluding hydrogens is 565 g/mol. The number of rotatable bonds is 6. The molecule has 1 N–H and O–H groups in total. The zero-order valence-electron chi connectivity index (χ0n) is 22.3. The lowest BCUT2D eigenvalue weighted by Gasteiger charge is -2.32. The second-order valence-electron chi connectivity index (χ2n) is 10.2. The molecule has 0 aliphatic carbocycles. The highest BCUT2D eigenvalue weighted by molar-refractivity contribution is 6.30. The lowest BCUT2D eigenvalue weighted by Crippen LogP contribution is -2.39. The van der Waals surface area contributed by atoms with Crippen LogP contribution in [0.3, 0.4) is 0 Å². The second kappa shape index (κ2) is 11.3. The molecule has 0 bridgehead atoms. The zero-order valence-corrected chi connectivity index (χ0v) is 23.1. The third-order valence-corrected chi connectivity index (χ3v) is 7.90. The Kier molecular flexibility index (Phi) is 7.97. The Balaban J connectivity index is 1.57. The van der Waals surface area contributed by atoms with Crippen LogP contribution in [0.25, 0.3) is 5.69 Å². The second-order valence-corrected chi connectivity index (χ2v) is 10.7. The van der Waals surface area contributed by atoms with E-state index in [1.54, 1.807) is 29.2 Å². The van der Waals surface area contributed by atoms with Crippen molar-refractivity contribution in [2.45, 2.75) is 51.0 Å². The molecular formula is C28H28ClF3N4O5. The van der Waals surface area contributed by atoms with Crippen molar-refractivity contribution in [2.24, 2.45) is 5.92 Å².